The van der Waals surface area contributed by atoms with Crippen LogP contribution in [0.3, 0.4) is 0 Å². The highest BCUT2D eigenvalue weighted by Gasteiger charge is 2.30. The number of benzene rings is 1. The van der Waals surface area contributed by atoms with Crippen molar-refractivity contribution in [3.05, 3.63) is 59.2 Å². The largest absolute Gasteiger partial charge is 0.493 e. The molecule has 1 saturated carbocycles. The molecule has 1 aliphatic carbocycles. The lowest BCUT2D eigenvalue weighted by Crippen LogP contribution is -2.35. The summed E-state index contributed by atoms with van der Waals surface area (Å²) in [5.74, 6) is 2.96. The van der Waals surface area contributed by atoms with Crippen molar-refractivity contribution in [2.45, 2.75) is 77.4 Å². The van der Waals surface area contributed by atoms with Gasteiger partial charge in [0.1, 0.15) is 11.4 Å². The van der Waals surface area contributed by atoms with Gasteiger partial charge in [-0.05, 0) is 88.1 Å². The second-order valence-electron chi connectivity index (χ2n) is 12.7. The van der Waals surface area contributed by atoms with Crippen LogP contribution < -0.4 is 4.74 Å². The number of aryl methyl sites for hydroxylation is 2. The average Bonchev–Trinajstić information content (AvgIpc) is 3.68. The number of imidazole rings is 1. The van der Waals surface area contributed by atoms with Gasteiger partial charge >= 0.3 is 6.09 Å². The van der Waals surface area contributed by atoms with Crippen LogP contribution in [0.1, 0.15) is 70.1 Å². The molecule has 4 aromatic rings. The van der Waals surface area contributed by atoms with E-state index in [1.165, 1.54) is 46.4 Å². The van der Waals surface area contributed by atoms with Crippen molar-refractivity contribution in [2.24, 2.45) is 13.0 Å². The Morgan fingerprint density at radius 3 is 2.63 bits per heavy atom. The second kappa shape index (κ2) is 11.6. The summed E-state index contributed by atoms with van der Waals surface area (Å²) < 4.78 is 17.7. The summed E-state index contributed by atoms with van der Waals surface area (Å²) in [5.41, 5.74) is 4.74. The minimum atomic E-state index is -0.466. The summed E-state index contributed by atoms with van der Waals surface area (Å²) in [7, 11) is 2.15. The van der Waals surface area contributed by atoms with Gasteiger partial charge in [-0.15, -0.1) is 11.3 Å². The lowest BCUT2D eigenvalue weighted by Gasteiger charge is -2.27. The number of carbonyl (C=O) groups excluding carboxylic acids is 1. The first-order chi connectivity index (χ1) is 19.7. The average molecular weight is 575 g/mol. The van der Waals surface area contributed by atoms with E-state index in [1.54, 1.807) is 16.2 Å². The molecule has 0 bridgehead atoms. The maximum absolute atomic E-state index is 12.3. The van der Waals surface area contributed by atoms with Crippen LogP contribution in [0.25, 0.3) is 21.7 Å². The van der Waals surface area contributed by atoms with Gasteiger partial charge in [-0.25, -0.2) is 9.78 Å². The van der Waals surface area contributed by atoms with Crippen molar-refractivity contribution in [1.82, 2.24) is 19.0 Å². The van der Waals surface area contributed by atoms with Crippen LogP contribution in [0.4, 0.5) is 4.79 Å². The van der Waals surface area contributed by atoms with Crippen LogP contribution in [0, 0.1) is 5.92 Å². The van der Waals surface area contributed by atoms with Gasteiger partial charge in [-0.1, -0.05) is 18.6 Å². The molecule has 218 valence electrons. The Kier molecular flexibility index (Phi) is 7.86. The van der Waals surface area contributed by atoms with Gasteiger partial charge in [-0.2, -0.15) is 0 Å². The van der Waals surface area contributed by atoms with Crippen molar-refractivity contribution in [3.8, 4) is 17.3 Å². The van der Waals surface area contributed by atoms with E-state index >= 15 is 0 Å². The summed E-state index contributed by atoms with van der Waals surface area (Å²) in [4.78, 5) is 19.1. The van der Waals surface area contributed by atoms with Crippen molar-refractivity contribution in [1.29, 1.82) is 0 Å². The molecule has 3 aromatic heterocycles. The van der Waals surface area contributed by atoms with Crippen molar-refractivity contribution < 1.29 is 14.3 Å². The molecule has 1 atom stereocenters. The molecule has 1 aromatic carbocycles. The van der Waals surface area contributed by atoms with Crippen LogP contribution in [0.5, 0.6) is 5.75 Å². The summed E-state index contributed by atoms with van der Waals surface area (Å²) in [5, 5.41) is 2.16. The lowest BCUT2D eigenvalue weighted by molar-refractivity contribution is 0.0285. The molecule has 1 amide bonds. The highest BCUT2D eigenvalue weighted by Crippen LogP contribution is 2.39. The number of likely N-dealkylation sites (tertiary alicyclic amines) is 1. The number of carbonyl (C=O) groups is 1. The summed E-state index contributed by atoms with van der Waals surface area (Å²) >= 11 is 1.79. The molecule has 6 rings (SSSR count). The van der Waals surface area contributed by atoms with Crippen molar-refractivity contribution in [3.63, 3.8) is 0 Å². The van der Waals surface area contributed by atoms with Gasteiger partial charge in [0.2, 0.25) is 0 Å². The van der Waals surface area contributed by atoms with E-state index in [2.05, 4.69) is 64.2 Å². The third-order valence-corrected chi connectivity index (χ3v) is 9.35. The Balaban J connectivity index is 1.03. The maximum atomic E-state index is 12.3. The van der Waals surface area contributed by atoms with Gasteiger partial charge in [0.05, 0.1) is 22.5 Å². The normalized spacial score (nSPS) is 17.8. The number of nitrogens with zero attached hydrogens (tertiary/aromatic N) is 4. The zero-order valence-electron chi connectivity index (χ0n) is 24.8. The van der Waals surface area contributed by atoms with E-state index in [-0.39, 0.29) is 6.09 Å². The minimum absolute atomic E-state index is 0.226. The van der Waals surface area contributed by atoms with Crippen molar-refractivity contribution in [2.75, 3.05) is 19.7 Å². The first-order valence-corrected chi connectivity index (χ1v) is 15.9. The Labute approximate surface area is 247 Å². The topological polar surface area (TPSA) is 61.5 Å². The number of ether oxygens (including phenoxy) is 2. The molecule has 0 unspecified atom stereocenters. The van der Waals surface area contributed by atoms with E-state index in [9.17, 15) is 4.79 Å². The molecule has 8 heteroatoms. The fraction of sp³-hybridized carbons (Fsp3) is 0.515. The van der Waals surface area contributed by atoms with Gasteiger partial charge in [-0.3, -0.25) is 0 Å². The summed E-state index contributed by atoms with van der Waals surface area (Å²) in [6.45, 7) is 8.70. The molecule has 0 radical (unpaired) electrons. The lowest BCUT2D eigenvalue weighted by atomic mass is 9.83. The molecule has 7 nitrogen and oxygen atoms in total. The number of aromatic nitrogens is 3. The molecular formula is C33H42N4O3S. The van der Waals surface area contributed by atoms with Gasteiger partial charge in [0.15, 0.2) is 5.82 Å². The van der Waals surface area contributed by atoms with Crippen LogP contribution in [0.15, 0.2) is 48.0 Å². The smallest absolute Gasteiger partial charge is 0.410 e. The van der Waals surface area contributed by atoms with Crippen LogP contribution >= 0.6 is 11.3 Å². The first kappa shape index (κ1) is 27.9. The summed E-state index contributed by atoms with van der Waals surface area (Å²) in [6.07, 6.45) is 8.78. The van der Waals surface area contributed by atoms with E-state index in [0.717, 1.165) is 43.9 Å². The van der Waals surface area contributed by atoms with Crippen LogP contribution in [0.2, 0.25) is 0 Å². The molecule has 0 spiro atoms. The number of thiophene rings is 1. The van der Waals surface area contributed by atoms with E-state index in [4.69, 9.17) is 14.5 Å². The van der Waals surface area contributed by atoms with Gasteiger partial charge < -0.3 is 23.5 Å². The molecule has 1 aliphatic heterocycles. The fourth-order valence-corrected chi connectivity index (χ4v) is 6.84. The minimum Gasteiger partial charge on any atom is -0.493 e. The number of hydrogen-bond donors (Lipinski definition) is 0. The highest BCUT2D eigenvalue weighted by atomic mass is 32.1. The number of hydrogen-bond acceptors (Lipinski definition) is 5. The third kappa shape index (κ3) is 6.17. The van der Waals surface area contributed by atoms with E-state index < -0.39 is 5.60 Å². The zero-order valence-corrected chi connectivity index (χ0v) is 25.6. The van der Waals surface area contributed by atoms with Crippen LogP contribution in [-0.2, 0) is 24.8 Å². The summed E-state index contributed by atoms with van der Waals surface area (Å²) in [6, 6.07) is 13.0. The second-order valence-corrected chi connectivity index (χ2v) is 13.6. The Hall–Kier alpha value is -3.26. The molecule has 4 heterocycles. The predicted octanol–water partition coefficient (Wildman–Crippen LogP) is 7.64. The van der Waals surface area contributed by atoms with Gasteiger partial charge in [0, 0.05) is 50.4 Å². The standard InChI is InChI=1S/C33H42N4O3S/c1-33(2,3)40-32(38)36-17-14-24(21-36)22-39-26-12-10-23(11-13-26)7-6-16-37-29(25-8-5-9-25)20-34-31(37)28-19-30-27(35(28)4)15-18-41-30/h10-13,15,18-20,24-25H,5-9,14,16-17,21-22H2,1-4H3/t24-/m1/s1. The van der Waals surface area contributed by atoms with E-state index in [1.807, 2.05) is 20.8 Å². The predicted molar refractivity (Wildman–Crippen MR) is 165 cm³/mol. The number of amides is 1. The Morgan fingerprint density at radius 2 is 1.93 bits per heavy atom. The van der Waals surface area contributed by atoms with Crippen LogP contribution in [-0.4, -0.2) is 50.4 Å². The van der Waals surface area contributed by atoms with Crippen molar-refractivity contribution >= 4 is 27.6 Å². The third-order valence-electron chi connectivity index (χ3n) is 8.50. The Morgan fingerprint density at radius 1 is 1.12 bits per heavy atom. The molecular weight excluding hydrogens is 532 g/mol. The number of rotatable bonds is 9. The van der Waals surface area contributed by atoms with E-state index in [0.29, 0.717) is 25.0 Å². The Bertz CT molecular complexity index is 1490. The molecule has 1 saturated heterocycles. The SMILES string of the molecule is Cn1c(-c2ncc(C3CCC3)n2CCCc2ccc(OC[C@@H]3CCN(C(=O)OC(C)(C)C)C3)cc2)cc2sccc21. The zero-order chi connectivity index (χ0) is 28.6. The highest BCUT2D eigenvalue weighted by molar-refractivity contribution is 7.17. The number of fused-ring (bicyclic) bond motifs is 1. The molecule has 0 N–H and O–H groups in total. The first-order valence-electron chi connectivity index (χ1n) is 15.0. The fourth-order valence-electron chi connectivity index (χ4n) is 5.99. The monoisotopic (exact) mass is 574 g/mol. The molecule has 41 heavy (non-hydrogen) atoms. The van der Waals surface area contributed by atoms with Gasteiger partial charge in [0.25, 0.3) is 0 Å². The maximum Gasteiger partial charge on any atom is 0.410 e. The quantitative estimate of drug-likeness (QED) is 0.206. The molecule has 2 fully saturated rings. The molecule has 2 aliphatic rings.